The van der Waals surface area contributed by atoms with E-state index in [0.29, 0.717) is 6.61 Å². The van der Waals surface area contributed by atoms with E-state index < -0.39 is 20.3 Å². The molecule has 0 saturated heterocycles. The van der Waals surface area contributed by atoms with Crippen molar-refractivity contribution in [2.24, 2.45) is 0 Å². The first-order chi connectivity index (χ1) is 10.1. The fraction of sp³-hybridized carbons (Fsp3) is 0.529. The van der Waals surface area contributed by atoms with Crippen LogP contribution in [0.2, 0.25) is 18.1 Å². The number of hydrogen-bond acceptors (Lipinski definition) is 4. The molecular weight excluding hydrogens is 296 g/mol. The van der Waals surface area contributed by atoms with Gasteiger partial charge in [0.15, 0.2) is 0 Å². The summed E-state index contributed by atoms with van der Waals surface area (Å²) in [5.74, 6) is -0.930. The van der Waals surface area contributed by atoms with Gasteiger partial charge in [0.05, 0.1) is 17.7 Å². The Morgan fingerprint density at radius 3 is 2.00 bits per heavy atom. The fourth-order valence-electron chi connectivity index (χ4n) is 1.55. The van der Waals surface area contributed by atoms with Gasteiger partial charge in [-0.05, 0) is 36.7 Å². The molecule has 1 aromatic carbocycles. The summed E-state index contributed by atoms with van der Waals surface area (Å²) in [6.45, 7) is 12.5. The number of rotatable bonds is 5. The molecule has 0 heterocycles. The van der Waals surface area contributed by atoms with Crippen LogP contribution in [-0.2, 0) is 9.16 Å². The average Bonchev–Trinajstić information content (AvgIpc) is 2.43. The third-order valence-electron chi connectivity index (χ3n) is 3.96. The average molecular weight is 322 g/mol. The monoisotopic (exact) mass is 322 g/mol. The van der Waals surface area contributed by atoms with Crippen LogP contribution in [0.15, 0.2) is 24.3 Å². The fourth-order valence-corrected chi connectivity index (χ4v) is 2.43. The van der Waals surface area contributed by atoms with Crippen molar-refractivity contribution in [3.8, 4) is 0 Å². The molecule has 0 fully saturated rings. The SMILES string of the molecule is CCCOC(=O)c1ccccc1C(=O)O[Si](C)(C)C(C)(C)C. The van der Waals surface area contributed by atoms with E-state index in [2.05, 4.69) is 20.8 Å². The molecule has 0 aliphatic carbocycles. The lowest BCUT2D eigenvalue weighted by atomic mass is 10.1. The summed E-state index contributed by atoms with van der Waals surface area (Å²) >= 11 is 0. The Hall–Kier alpha value is -1.62. The van der Waals surface area contributed by atoms with Crippen molar-refractivity contribution in [3.63, 3.8) is 0 Å². The predicted molar refractivity (Wildman–Crippen MR) is 89.6 cm³/mol. The zero-order valence-corrected chi connectivity index (χ0v) is 15.4. The lowest BCUT2D eigenvalue weighted by Crippen LogP contribution is -2.42. The standard InChI is InChI=1S/C17H26O4Si/c1-7-12-20-15(18)13-10-8-9-11-14(13)16(19)21-22(5,6)17(2,3)4/h8-11H,7,12H2,1-6H3. The minimum absolute atomic E-state index is 0.0830. The van der Waals surface area contributed by atoms with Gasteiger partial charge in [-0.25, -0.2) is 9.59 Å². The van der Waals surface area contributed by atoms with E-state index in [9.17, 15) is 9.59 Å². The summed E-state index contributed by atoms with van der Waals surface area (Å²) in [4.78, 5) is 24.6. The van der Waals surface area contributed by atoms with Crippen LogP contribution in [0.1, 0.15) is 54.8 Å². The molecule has 0 N–H and O–H groups in total. The molecule has 0 spiro atoms. The van der Waals surface area contributed by atoms with Gasteiger partial charge in [-0.15, -0.1) is 0 Å². The number of carbonyl (C=O) groups is 2. The second kappa shape index (κ2) is 7.09. The van der Waals surface area contributed by atoms with E-state index in [1.807, 2.05) is 20.0 Å². The van der Waals surface area contributed by atoms with Crippen LogP contribution in [0.5, 0.6) is 0 Å². The Kier molecular flexibility index (Phi) is 5.94. The van der Waals surface area contributed by atoms with Gasteiger partial charge in [0.2, 0.25) is 0 Å². The van der Waals surface area contributed by atoms with Crippen LogP contribution in [0.25, 0.3) is 0 Å². The molecule has 0 radical (unpaired) electrons. The van der Waals surface area contributed by atoms with Crippen LogP contribution in [0.4, 0.5) is 0 Å². The van der Waals surface area contributed by atoms with E-state index in [-0.39, 0.29) is 16.2 Å². The second-order valence-electron chi connectivity index (χ2n) is 6.83. The van der Waals surface area contributed by atoms with Crippen LogP contribution < -0.4 is 0 Å². The van der Waals surface area contributed by atoms with Gasteiger partial charge in [0, 0.05) is 0 Å². The molecule has 0 unspecified atom stereocenters. The van der Waals surface area contributed by atoms with Crippen molar-refractivity contribution in [1.82, 2.24) is 0 Å². The van der Waals surface area contributed by atoms with E-state index >= 15 is 0 Å². The lowest BCUT2D eigenvalue weighted by Gasteiger charge is -2.35. The maximum atomic E-state index is 12.5. The number of benzene rings is 1. The van der Waals surface area contributed by atoms with E-state index in [1.54, 1.807) is 24.3 Å². The van der Waals surface area contributed by atoms with E-state index in [4.69, 9.17) is 9.16 Å². The molecule has 1 rings (SSSR count). The Morgan fingerprint density at radius 2 is 1.55 bits per heavy atom. The molecule has 0 aliphatic heterocycles. The number of hydrogen-bond donors (Lipinski definition) is 0. The Bertz CT molecular complexity index is 544. The third kappa shape index (κ3) is 4.43. The topological polar surface area (TPSA) is 52.6 Å². The quantitative estimate of drug-likeness (QED) is 0.595. The molecule has 0 atom stereocenters. The molecule has 0 amide bonds. The molecule has 0 saturated carbocycles. The molecule has 0 aliphatic rings. The highest BCUT2D eigenvalue weighted by molar-refractivity contribution is 6.75. The van der Waals surface area contributed by atoms with Crippen molar-refractivity contribution in [3.05, 3.63) is 35.4 Å². The minimum atomic E-state index is -2.24. The van der Waals surface area contributed by atoms with Crippen molar-refractivity contribution in [2.75, 3.05) is 6.61 Å². The first kappa shape index (κ1) is 18.4. The number of esters is 1. The molecule has 1 aromatic rings. The summed E-state index contributed by atoms with van der Waals surface area (Å²) < 4.78 is 10.9. The Morgan fingerprint density at radius 1 is 1.05 bits per heavy atom. The van der Waals surface area contributed by atoms with E-state index in [1.165, 1.54) is 0 Å². The van der Waals surface area contributed by atoms with Crippen molar-refractivity contribution < 1.29 is 18.8 Å². The lowest BCUT2D eigenvalue weighted by molar-refractivity contribution is 0.0495. The number of carbonyl (C=O) groups excluding carboxylic acids is 2. The van der Waals surface area contributed by atoms with Crippen LogP contribution in [0, 0.1) is 0 Å². The summed E-state index contributed by atoms with van der Waals surface area (Å²) in [7, 11) is -2.24. The molecule has 22 heavy (non-hydrogen) atoms. The maximum Gasteiger partial charge on any atom is 0.339 e. The predicted octanol–water partition coefficient (Wildman–Crippen LogP) is 4.42. The molecule has 4 nitrogen and oxygen atoms in total. The van der Waals surface area contributed by atoms with Crippen molar-refractivity contribution in [1.29, 1.82) is 0 Å². The van der Waals surface area contributed by atoms with E-state index in [0.717, 1.165) is 6.42 Å². The van der Waals surface area contributed by atoms with Gasteiger partial charge in [-0.3, -0.25) is 0 Å². The molecule has 5 heteroatoms. The van der Waals surface area contributed by atoms with Gasteiger partial charge >= 0.3 is 11.9 Å². The highest BCUT2D eigenvalue weighted by atomic mass is 28.4. The third-order valence-corrected chi connectivity index (χ3v) is 8.27. The van der Waals surface area contributed by atoms with Gasteiger partial charge in [-0.1, -0.05) is 39.8 Å². The minimum Gasteiger partial charge on any atom is -0.516 e. The molecule has 122 valence electrons. The Balaban J connectivity index is 3.02. The van der Waals surface area contributed by atoms with Gasteiger partial charge in [0.25, 0.3) is 8.32 Å². The first-order valence-corrected chi connectivity index (χ1v) is 10.5. The molecule has 0 aromatic heterocycles. The van der Waals surface area contributed by atoms with Crippen molar-refractivity contribution >= 4 is 20.3 Å². The van der Waals surface area contributed by atoms with Crippen LogP contribution in [-0.4, -0.2) is 26.9 Å². The zero-order valence-electron chi connectivity index (χ0n) is 14.4. The highest BCUT2D eigenvalue weighted by Gasteiger charge is 2.41. The smallest absolute Gasteiger partial charge is 0.339 e. The molecule has 0 bridgehead atoms. The second-order valence-corrected chi connectivity index (χ2v) is 11.6. The summed E-state index contributed by atoms with van der Waals surface area (Å²) in [5.41, 5.74) is 0.535. The number of ether oxygens (including phenoxy) is 1. The molecular formula is C17H26O4Si. The van der Waals surface area contributed by atoms with Gasteiger partial charge in [-0.2, -0.15) is 0 Å². The van der Waals surface area contributed by atoms with Crippen LogP contribution >= 0.6 is 0 Å². The largest absolute Gasteiger partial charge is 0.516 e. The maximum absolute atomic E-state index is 12.5. The van der Waals surface area contributed by atoms with Crippen molar-refractivity contribution in [2.45, 2.75) is 52.2 Å². The van der Waals surface area contributed by atoms with Gasteiger partial charge < -0.3 is 9.16 Å². The summed E-state index contributed by atoms with van der Waals surface area (Å²) in [6, 6.07) is 6.64. The summed E-state index contributed by atoms with van der Waals surface area (Å²) in [5, 5.41) is -0.0830. The van der Waals surface area contributed by atoms with Gasteiger partial charge in [0.1, 0.15) is 0 Å². The first-order valence-electron chi connectivity index (χ1n) is 7.59. The normalized spacial score (nSPS) is 11.9. The summed E-state index contributed by atoms with van der Waals surface area (Å²) in [6.07, 6.45) is 0.738. The van der Waals surface area contributed by atoms with Crippen LogP contribution in [0.3, 0.4) is 0 Å². The Labute approximate surface area is 134 Å². The highest BCUT2D eigenvalue weighted by Crippen LogP contribution is 2.37. The zero-order chi connectivity index (χ0) is 17.0.